The molecule has 0 radical (unpaired) electrons. The molecule has 9 heteroatoms. The minimum absolute atomic E-state index is 0.0998. The topological polar surface area (TPSA) is 117 Å². The van der Waals surface area contributed by atoms with Crippen molar-refractivity contribution in [2.45, 2.75) is 63.3 Å². The number of hydrogen-bond donors (Lipinski definition) is 5. The first-order chi connectivity index (χ1) is 16.9. The van der Waals surface area contributed by atoms with E-state index in [4.69, 9.17) is 38.8 Å². The van der Waals surface area contributed by atoms with Crippen LogP contribution in [0.5, 0.6) is 5.75 Å². The van der Waals surface area contributed by atoms with Gasteiger partial charge in [-0.15, -0.1) is 0 Å². The molecule has 5 unspecified atom stereocenters. The molecule has 6 N–H and O–H groups in total. The van der Waals surface area contributed by atoms with E-state index in [0.717, 1.165) is 11.1 Å². The van der Waals surface area contributed by atoms with E-state index in [1.54, 1.807) is 25.3 Å². The number of nitrogens with two attached hydrogens (primary N) is 1. The summed E-state index contributed by atoms with van der Waals surface area (Å²) < 4.78 is 5.72. The van der Waals surface area contributed by atoms with Crippen LogP contribution in [-0.4, -0.2) is 54.6 Å². The number of carbonyl (C=O) groups excluding carboxylic acids is 1. The fraction of sp³-hybridized carbons (Fsp3) is 0.519. The molecule has 2 aromatic rings. The monoisotopic (exact) mass is 537 g/mol. The SMILES string of the molecule is COc1cc(Cl)ccc1C1(N)C(CC(C)(C)C)NC(C(=O)NCCC(O)CO)C1c1cccc(Cl)c1. The Morgan fingerprint density at radius 1 is 1.22 bits per heavy atom. The molecule has 0 aromatic heterocycles. The highest BCUT2D eigenvalue weighted by atomic mass is 35.5. The maximum absolute atomic E-state index is 13.6. The highest BCUT2D eigenvalue weighted by molar-refractivity contribution is 6.31. The summed E-state index contributed by atoms with van der Waals surface area (Å²) in [5.41, 5.74) is 7.84. The zero-order valence-electron chi connectivity index (χ0n) is 21.2. The van der Waals surface area contributed by atoms with E-state index in [-0.39, 0.29) is 36.9 Å². The number of methoxy groups -OCH3 is 1. The van der Waals surface area contributed by atoms with Crippen LogP contribution in [0, 0.1) is 5.41 Å². The van der Waals surface area contributed by atoms with Crippen LogP contribution in [0.25, 0.3) is 0 Å². The van der Waals surface area contributed by atoms with Crippen LogP contribution in [0.15, 0.2) is 42.5 Å². The number of amides is 1. The minimum Gasteiger partial charge on any atom is -0.496 e. The number of ether oxygens (including phenoxy) is 1. The first-order valence-corrected chi connectivity index (χ1v) is 12.9. The Hall–Kier alpha value is -1.87. The number of carbonyl (C=O) groups is 1. The maximum atomic E-state index is 13.6. The minimum atomic E-state index is -1.06. The van der Waals surface area contributed by atoms with Crippen molar-refractivity contribution in [3.63, 3.8) is 0 Å². The second-order valence-electron chi connectivity index (χ2n) is 10.7. The second kappa shape index (κ2) is 11.7. The lowest BCUT2D eigenvalue weighted by molar-refractivity contribution is -0.123. The predicted octanol–water partition coefficient (Wildman–Crippen LogP) is 3.58. The number of hydrogen-bond acceptors (Lipinski definition) is 6. The van der Waals surface area contributed by atoms with Gasteiger partial charge in [0, 0.05) is 34.1 Å². The van der Waals surface area contributed by atoms with Crippen LogP contribution in [0.1, 0.15) is 50.7 Å². The van der Waals surface area contributed by atoms with Crippen molar-refractivity contribution in [2.75, 3.05) is 20.3 Å². The summed E-state index contributed by atoms with van der Waals surface area (Å²) in [6.45, 7) is 6.25. The van der Waals surface area contributed by atoms with Gasteiger partial charge in [0.05, 0.1) is 31.4 Å². The molecular formula is C27H37Cl2N3O4. The number of benzene rings is 2. The third-order valence-electron chi connectivity index (χ3n) is 6.73. The fourth-order valence-electron chi connectivity index (χ4n) is 5.12. The molecule has 5 atom stereocenters. The molecule has 1 fully saturated rings. The van der Waals surface area contributed by atoms with Gasteiger partial charge in [-0.3, -0.25) is 4.79 Å². The molecule has 1 heterocycles. The Balaban J connectivity index is 2.15. The average Bonchev–Trinajstić information content (AvgIpc) is 3.10. The van der Waals surface area contributed by atoms with Gasteiger partial charge in [0.1, 0.15) is 5.75 Å². The van der Waals surface area contributed by atoms with E-state index >= 15 is 0 Å². The lowest BCUT2D eigenvalue weighted by Crippen LogP contribution is -2.52. The Bertz CT molecular complexity index is 1060. The third-order valence-corrected chi connectivity index (χ3v) is 7.20. The number of nitrogens with one attached hydrogen (secondary N) is 2. The number of aliphatic hydroxyl groups is 2. The second-order valence-corrected chi connectivity index (χ2v) is 11.6. The average molecular weight is 539 g/mol. The first-order valence-electron chi connectivity index (χ1n) is 12.1. The van der Waals surface area contributed by atoms with Gasteiger partial charge in [-0.2, -0.15) is 0 Å². The molecule has 0 bridgehead atoms. The van der Waals surface area contributed by atoms with Crippen molar-refractivity contribution in [3.05, 3.63) is 63.6 Å². The van der Waals surface area contributed by atoms with E-state index < -0.39 is 23.6 Å². The summed E-state index contributed by atoms with van der Waals surface area (Å²) in [6.07, 6.45) is 0.0199. The fourth-order valence-corrected chi connectivity index (χ4v) is 5.48. The molecule has 7 nitrogen and oxygen atoms in total. The molecule has 0 spiro atoms. The molecule has 198 valence electrons. The molecule has 0 aliphatic carbocycles. The van der Waals surface area contributed by atoms with Gasteiger partial charge in [-0.05, 0) is 48.1 Å². The smallest absolute Gasteiger partial charge is 0.237 e. The van der Waals surface area contributed by atoms with Crippen LogP contribution >= 0.6 is 23.2 Å². The summed E-state index contributed by atoms with van der Waals surface area (Å²) in [4.78, 5) is 13.6. The zero-order valence-corrected chi connectivity index (χ0v) is 22.7. The van der Waals surface area contributed by atoms with Gasteiger partial charge in [-0.25, -0.2) is 0 Å². The van der Waals surface area contributed by atoms with Gasteiger partial charge in [-0.1, -0.05) is 62.2 Å². The molecule has 1 aliphatic rings. The van der Waals surface area contributed by atoms with E-state index in [1.165, 1.54) is 0 Å². The van der Waals surface area contributed by atoms with Crippen LogP contribution < -0.4 is 21.1 Å². The summed E-state index contributed by atoms with van der Waals surface area (Å²) in [6, 6.07) is 11.8. The van der Waals surface area contributed by atoms with Crippen LogP contribution in [0.2, 0.25) is 10.0 Å². The van der Waals surface area contributed by atoms with E-state index in [9.17, 15) is 9.90 Å². The highest BCUT2D eigenvalue weighted by Crippen LogP contribution is 2.50. The van der Waals surface area contributed by atoms with Crippen molar-refractivity contribution in [2.24, 2.45) is 11.1 Å². The van der Waals surface area contributed by atoms with Crippen molar-refractivity contribution in [1.29, 1.82) is 0 Å². The van der Waals surface area contributed by atoms with Gasteiger partial charge < -0.3 is 31.3 Å². The number of rotatable bonds is 9. The van der Waals surface area contributed by atoms with E-state index in [0.29, 0.717) is 22.2 Å². The van der Waals surface area contributed by atoms with Crippen molar-refractivity contribution < 1.29 is 19.7 Å². The lowest BCUT2D eigenvalue weighted by atomic mass is 9.68. The van der Waals surface area contributed by atoms with Crippen molar-refractivity contribution in [3.8, 4) is 5.75 Å². The lowest BCUT2D eigenvalue weighted by Gasteiger charge is -2.40. The summed E-state index contributed by atoms with van der Waals surface area (Å²) in [5, 5.41) is 26.3. The zero-order chi connectivity index (χ0) is 26.7. The Labute approximate surface area is 223 Å². The largest absolute Gasteiger partial charge is 0.496 e. The standard InChI is InChI=1S/C27H37Cl2N3O4/c1-26(2,3)14-22-27(30,20-9-8-18(29)13-21(20)36-4)23(16-6-5-7-17(28)12-16)24(32-22)25(35)31-11-10-19(34)15-33/h5-9,12-13,19,22-24,32-34H,10-11,14-15,30H2,1-4H3,(H,31,35). The molecule has 0 saturated carbocycles. The highest BCUT2D eigenvalue weighted by Gasteiger charge is 2.57. The molecule has 1 amide bonds. The predicted molar refractivity (Wildman–Crippen MR) is 144 cm³/mol. The van der Waals surface area contributed by atoms with E-state index in [2.05, 4.69) is 31.4 Å². The Morgan fingerprint density at radius 3 is 2.53 bits per heavy atom. The van der Waals surface area contributed by atoms with Gasteiger partial charge in [0.2, 0.25) is 5.91 Å². The first kappa shape index (κ1) is 28.7. The Morgan fingerprint density at radius 2 is 1.92 bits per heavy atom. The number of halogens is 2. The summed E-state index contributed by atoms with van der Waals surface area (Å²) in [7, 11) is 1.57. The van der Waals surface area contributed by atoms with Crippen molar-refractivity contribution in [1.82, 2.24) is 10.6 Å². The van der Waals surface area contributed by atoms with E-state index in [1.807, 2.05) is 24.3 Å². The molecule has 36 heavy (non-hydrogen) atoms. The normalized spacial score (nSPS) is 25.0. The van der Waals surface area contributed by atoms with Gasteiger partial charge in [0.15, 0.2) is 0 Å². The molecular weight excluding hydrogens is 501 g/mol. The molecule has 1 saturated heterocycles. The Kier molecular flexibility index (Phi) is 9.30. The van der Waals surface area contributed by atoms with Crippen LogP contribution in [0.4, 0.5) is 0 Å². The maximum Gasteiger partial charge on any atom is 0.237 e. The van der Waals surface area contributed by atoms with Gasteiger partial charge >= 0.3 is 0 Å². The molecule has 3 rings (SSSR count). The van der Waals surface area contributed by atoms with Crippen molar-refractivity contribution >= 4 is 29.1 Å². The third kappa shape index (κ3) is 6.33. The molecule has 2 aromatic carbocycles. The van der Waals surface area contributed by atoms with Gasteiger partial charge in [0.25, 0.3) is 0 Å². The number of aliphatic hydroxyl groups excluding tert-OH is 2. The molecule has 1 aliphatic heterocycles. The quantitative estimate of drug-likeness (QED) is 0.333. The van der Waals surface area contributed by atoms with Crippen LogP contribution in [0.3, 0.4) is 0 Å². The summed E-state index contributed by atoms with van der Waals surface area (Å²) in [5.74, 6) is -0.199. The summed E-state index contributed by atoms with van der Waals surface area (Å²) >= 11 is 12.7. The van der Waals surface area contributed by atoms with Crippen LogP contribution in [-0.2, 0) is 10.3 Å².